The highest BCUT2D eigenvalue weighted by molar-refractivity contribution is 6.20. The van der Waals surface area contributed by atoms with Gasteiger partial charge in [0.05, 0.1) is 20.3 Å². The summed E-state index contributed by atoms with van der Waals surface area (Å²) >= 11 is 5.88. The average Bonchev–Trinajstić information content (AvgIpc) is 2.35. The molecule has 0 aromatic heterocycles. The highest BCUT2D eigenvalue weighted by atomic mass is 35.5. The van der Waals surface area contributed by atoms with Gasteiger partial charge in [0.1, 0.15) is 5.50 Å². The molecular formula is C12H18ClNO3. The van der Waals surface area contributed by atoms with E-state index in [1.807, 2.05) is 18.2 Å². The van der Waals surface area contributed by atoms with E-state index in [9.17, 15) is 5.11 Å². The van der Waals surface area contributed by atoms with Gasteiger partial charge in [-0.05, 0) is 24.6 Å². The van der Waals surface area contributed by atoms with Gasteiger partial charge in [0, 0.05) is 6.54 Å². The van der Waals surface area contributed by atoms with Crippen molar-refractivity contribution in [1.82, 2.24) is 5.32 Å². The third kappa shape index (κ3) is 4.07. The summed E-state index contributed by atoms with van der Waals surface area (Å²) in [6, 6.07) is 5.62. The van der Waals surface area contributed by atoms with Crippen LogP contribution in [0.5, 0.6) is 11.5 Å². The minimum absolute atomic E-state index is 0.469. The summed E-state index contributed by atoms with van der Waals surface area (Å²) in [5.74, 6) is 1.36. The van der Waals surface area contributed by atoms with Crippen LogP contribution < -0.4 is 14.8 Å². The van der Waals surface area contributed by atoms with E-state index >= 15 is 0 Å². The van der Waals surface area contributed by atoms with Gasteiger partial charge in [0.15, 0.2) is 11.5 Å². The fraction of sp³-hybridized carbons (Fsp3) is 0.500. The van der Waals surface area contributed by atoms with E-state index in [2.05, 4.69) is 5.32 Å². The number of hydrogen-bond acceptors (Lipinski definition) is 4. The maximum Gasteiger partial charge on any atom is 0.161 e. The summed E-state index contributed by atoms with van der Waals surface area (Å²) in [5.41, 5.74) is 0.539. The first-order valence-electron chi connectivity index (χ1n) is 5.35. The summed E-state index contributed by atoms with van der Waals surface area (Å²) in [7, 11) is 3.19. The molecule has 4 nitrogen and oxygen atoms in total. The van der Waals surface area contributed by atoms with Crippen molar-refractivity contribution in [1.29, 1.82) is 0 Å². The molecule has 2 atom stereocenters. The Morgan fingerprint density at radius 3 is 2.47 bits per heavy atom. The number of halogens is 1. The number of aliphatic hydroxyl groups is 1. The molecule has 0 heterocycles. The molecule has 96 valence electrons. The molecule has 0 aliphatic rings. The molecule has 0 radical (unpaired) electrons. The van der Waals surface area contributed by atoms with Crippen LogP contribution in [-0.2, 0) is 6.54 Å². The van der Waals surface area contributed by atoms with Crippen molar-refractivity contribution in [3.8, 4) is 11.5 Å². The van der Waals surface area contributed by atoms with E-state index in [1.54, 1.807) is 21.1 Å². The minimum atomic E-state index is -0.600. The van der Waals surface area contributed by atoms with Crippen LogP contribution in [0.15, 0.2) is 18.2 Å². The van der Waals surface area contributed by atoms with Crippen molar-refractivity contribution in [2.45, 2.75) is 25.1 Å². The zero-order chi connectivity index (χ0) is 12.8. The van der Waals surface area contributed by atoms with Crippen LogP contribution in [0.4, 0.5) is 0 Å². The van der Waals surface area contributed by atoms with Crippen LogP contribution in [0.25, 0.3) is 0 Å². The predicted molar refractivity (Wildman–Crippen MR) is 67.7 cm³/mol. The number of alkyl halides is 1. The second-order valence-corrected chi connectivity index (χ2v) is 4.18. The first-order valence-corrected chi connectivity index (χ1v) is 5.78. The zero-order valence-corrected chi connectivity index (χ0v) is 11.0. The third-order valence-corrected chi connectivity index (χ3v) is 2.89. The molecule has 0 spiro atoms. The van der Waals surface area contributed by atoms with E-state index in [0.717, 1.165) is 5.56 Å². The molecule has 1 aromatic rings. The Balaban J connectivity index is 2.66. The summed E-state index contributed by atoms with van der Waals surface area (Å²) < 4.78 is 10.3. The number of aliphatic hydroxyl groups excluding tert-OH is 1. The molecule has 0 amide bonds. The number of hydrogen-bond donors (Lipinski definition) is 2. The van der Waals surface area contributed by atoms with Gasteiger partial charge < -0.3 is 14.6 Å². The van der Waals surface area contributed by atoms with Crippen molar-refractivity contribution in [3.63, 3.8) is 0 Å². The standard InChI is InChI=1S/C12H18ClNO3/c1-8(15)12(13)14-7-9-4-5-10(16-2)11(6-9)17-3/h4-6,8,12,14-15H,7H2,1-3H3. The topological polar surface area (TPSA) is 50.7 Å². The van der Waals surface area contributed by atoms with Crippen molar-refractivity contribution in [2.24, 2.45) is 0 Å². The highest BCUT2D eigenvalue weighted by Crippen LogP contribution is 2.27. The van der Waals surface area contributed by atoms with Gasteiger partial charge in [-0.2, -0.15) is 0 Å². The molecule has 1 rings (SSSR count). The molecule has 17 heavy (non-hydrogen) atoms. The van der Waals surface area contributed by atoms with E-state index in [1.165, 1.54) is 0 Å². The second kappa shape index (κ2) is 6.69. The molecule has 0 saturated carbocycles. The molecule has 2 N–H and O–H groups in total. The largest absolute Gasteiger partial charge is 0.493 e. The molecule has 0 saturated heterocycles. The van der Waals surface area contributed by atoms with Crippen LogP contribution in [0.1, 0.15) is 12.5 Å². The molecular weight excluding hydrogens is 242 g/mol. The monoisotopic (exact) mass is 259 g/mol. The van der Waals surface area contributed by atoms with Crippen molar-refractivity contribution in [2.75, 3.05) is 14.2 Å². The van der Waals surface area contributed by atoms with Gasteiger partial charge in [0.2, 0.25) is 0 Å². The Kier molecular flexibility index (Phi) is 5.55. The molecule has 0 aliphatic carbocycles. The number of methoxy groups -OCH3 is 2. The first kappa shape index (κ1) is 14.1. The number of benzene rings is 1. The maximum absolute atomic E-state index is 9.24. The molecule has 0 fully saturated rings. The lowest BCUT2D eigenvalue weighted by atomic mass is 10.2. The molecule has 1 aromatic carbocycles. The Bertz CT molecular complexity index is 358. The van der Waals surface area contributed by atoms with E-state index < -0.39 is 11.6 Å². The average molecular weight is 260 g/mol. The normalized spacial score (nSPS) is 14.2. The Labute approximate surface area is 106 Å². The van der Waals surface area contributed by atoms with E-state index in [0.29, 0.717) is 18.0 Å². The summed E-state index contributed by atoms with van der Waals surface area (Å²) in [4.78, 5) is 0. The van der Waals surface area contributed by atoms with Gasteiger partial charge in [-0.3, -0.25) is 5.32 Å². The van der Waals surface area contributed by atoms with Gasteiger partial charge in [-0.15, -0.1) is 11.6 Å². The predicted octanol–water partition coefficient (Wildman–Crippen LogP) is 1.74. The lowest BCUT2D eigenvalue weighted by molar-refractivity contribution is 0.176. The Hall–Kier alpha value is -0.970. The van der Waals surface area contributed by atoms with Gasteiger partial charge in [-0.1, -0.05) is 6.07 Å². The van der Waals surface area contributed by atoms with E-state index in [-0.39, 0.29) is 0 Å². The Morgan fingerprint density at radius 1 is 1.29 bits per heavy atom. The van der Waals surface area contributed by atoms with Gasteiger partial charge in [-0.25, -0.2) is 0 Å². The molecule has 5 heteroatoms. The highest BCUT2D eigenvalue weighted by Gasteiger charge is 2.10. The number of nitrogens with one attached hydrogen (secondary N) is 1. The van der Waals surface area contributed by atoms with Crippen LogP contribution in [0.3, 0.4) is 0 Å². The SMILES string of the molecule is COc1ccc(CNC(Cl)C(C)O)cc1OC. The van der Waals surface area contributed by atoms with Crippen molar-refractivity contribution >= 4 is 11.6 Å². The quantitative estimate of drug-likeness (QED) is 0.604. The second-order valence-electron chi connectivity index (χ2n) is 3.71. The van der Waals surface area contributed by atoms with Crippen molar-refractivity contribution < 1.29 is 14.6 Å². The zero-order valence-electron chi connectivity index (χ0n) is 10.2. The van der Waals surface area contributed by atoms with Crippen LogP contribution in [0, 0.1) is 0 Å². The molecule has 2 unspecified atom stereocenters. The Morgan fingerprint density at radius 2 is 1.94 bits per heavy atom. The van der Waals surface area contributed by atoms with Gasteiger partial charge in [0.25, 0.3) is 0 Å². The number of ether oxygens (including phenoxy) is 2. The number of rotatable bonds is 6. The maximum atomic E-state index is 9.24. The third-order valence-electron chi connectivity index (χ3n) is 2.37. The fourth-order valence-electron chi connectivity index (χ4n) is 1.38. The van der Waals surface area contributed by atoms with Crippen LogP contribution in [-0.4, -0.2) is 30.9 Å². The summed E-state index contributed by atoms with van der Waals surface area (Å²) in [6.07, 6.45) is -0.600. The van der Waals surface area contributed by atoms with E-state index in [4.69, 9.17) is 21.1 Å². The summed E-state index contributed by atoms with van der Waals surface area (Å²) in [6.45, 7) is 2.19. The first-order chi connectivity index (χ1) is 8.08. The minimum Gasteiger partial charge on any atom is -0.493 e. The summed E-state index contributed by atoms with van der Waals surface area (Å²) in [5, 5.41) is 12.2. The molecule has 0 bridgehead atoms. The van der Waals surface area contributed by atoms with Crippen molar-refractivity contribution in [3.05, 3.63) is 23.8 Å². The lowest BCUT2D eigenvalue weighted by Crippen LogP contribution is -2.32. The van der Waals surface area contributed by atoms with Crippen LogP contribution in [0.2, 0.25) is 0 Å². The van der Waals surface area contributed by atoms with Gasteiger partial charge >= 0.3 is 0 Å². The fourth-order valence-corrected chi connectivity index (χ4v) is 1.45. The smallest absolute Gasteiger partial charge is 0.161 e. The lowest BCUT2D eigenvalue weighted by Gasteiger charge is -2.15. The van der Waals surface area contributed by atoms with Crippen LogP contribution >= 0.6 is 11.6 Å². The molecule has 0 aliphatic heterocycles.